The molecule has 0 unspecified atom stereocenters. The average Bonchev–Trinajstić information content (AvgIpc) is 3.17. The van der Waals surface area contributed by atoms with Crippen molar-refractivity contribution in [1.29, 1.82) is 0 Å². The van der Waals surface area contributed by atoms with Gasteiger partial charge in [-0.1, -0.05) is 23.7 Å². The number of benzene rings is 3. The number of hydrogen-bond acceptors (Lipinski definition) is 6. The summed E-state index contributed by atoms with van der Waals surface area (Å²) in [5.74, 6) is -1.28. The predicted octanol–water partition coefficient (Wildman–Crippen LogP) is 5.77. The Bertz CT molecular complexity index is 1730. The van der Waals surface area contributed by atoms with E-state index in [-0.39, 0.29) is 35.6 Å². The van der Waals surface area contributed by atoms with Gasteiger partial charge in [0, 0.05) is 65.2 Å². The van der Waals surface area contributed by atoms with E-state index in [9.17, 15) is 18.4 Å². The molecule has 4 aromatic rings. The molecular weight excluding hydrogens is 574 g/mol. The van der Waals surface area contributed by atoms with Crippen LogP contribution in [-0.2, 0) is 11.3 Å². The standard InChI is InChI=1S/C32H27ClF2N6O2/c1-36-30(42)18-11-13-41(14-12-18)31(43)19-5-8-22(9-6-19)39-32-38-17-20-16-37-29(27-25(34)3-2-4-26(27)35)24-15-21(33)7-10-23(24)28(20)40-32/h2-10,15,17-18H,11-14,16H2,1H3,(H,36,42)(H,38,39,40). The molecular formula is C32H27ClF2N6O2. The lowest BCUT2D eigenvalue weighted by atomic mass is 9.95. The molecule has 2 N–H and O–H groups in total. The molecule has 1 aromatic heterocycles. The maximum absolute atomic E-state index is 14.8. The van der Waals surface area contributed by atoms with Crippen LogP contribution < -0.4 is 10.6 Å². The van der Waals surface area contributed by atoms with Crippen LogP contribution in [0.2, 0.25) is 5.02 Å². The van der Waals surface area contributed by atoms with Gasteiger partial charge in [-0.05, 0) is 61.4 Å². The van der Waals surface area contributed by atoms with E-state index in [1.54, 1.807) is 60.6 Å². The first-order valence-corrected chi connectivity index (χ1v) is 14.2. The van der Waals surface area contributed by atoms with E-state index in [2.05, 4.69) is 20.6 Å². The zero-order valence-corrected chi connectivity index (χ0v) is 24.0. The summed E-state index contributed by atoms with van der Waals surface area (Å²) in [5, 5.41) is 6.24. The van der Waals surface area contributed by atoms with Crippen LogP contribution in [0.1, 0.15) is 39.9 Å². The normalized spacial score (nSPS) is 14.7. The Morgan fingerprint density at radius 3 is 2.40 bits per heavy atom. The van der Waals surface area contributed by atoms with Crippen LogP contribution in [0.4, 0.5) is 20.4 Å². The number of fused-ring (bicyclic) bond motifs is 3. The number of rotatable bonds is 5. The molecule has 43 heavy (non-hydrogen) atoms. The van der Waals surface area contributed by atoms with Crippen molar-refractivity contribution >= 4 is 40.8 Å². The summed E-state index contributed by atoms with van der Waals surface area (Å²) >= 11 is 6.31. The molecule has 0 bridgehead atoms. The molecule has 218 valence electrons. The highest BCUT2D eigenvalue weighted by Crippen LogP contribution is 2.35. The number of amides is 2. The highest BCUT2D eigenvalue weighted by molar-refractivity contribution is 6.31. The van der Waals surface area contributed by atoms with Gasteiger partial charge in [0.2, 0.25) is 11.9 Å². The predicted molar refractivity (Wildman–Crippen MR) is 161 cm³/mol. The van der Waals surface area contributed by atoms with E-state index in [1.807, 2.05) is 0 Å². The first-order chi connectivity index (χ1) is 20.8. The van der Waals surface area contributed by atoms with Crippen molar-refractivity contribution < 1.29 is 18.4 Å². The summed E-state index contributed by atoms with van der Waals surface area (Å²) in [5.41, 5.74) is 3.46. The Hall–Kier alpha value is -4.70. The monoisotopic (exact) mass is 600 g/mol. The van der Waals surface area contributed by atoms with Gasteiger partial charge in [-0.25, -0.2) is 18.7 Å². The first kappa shape index (κ1) is 28.4. The van der Waals surface area contributed by atoms with Crippen LogP contribution >= 0.6 is 11.6 Å². The Morgan fingerprint density at radius 2 is 1.70 bits per heavy atom. The van der Waals surface area contributed by atoms with Crippen molar-refractivity contribution in [1.82, 2.24) is 20.2 Å². The minimum atomic E-state index is -0.723. The Balaban J connectivity index is 1.23. The van der Waals surface area contributed by atoms with Crippen molar-refractivity contribution in [3.05, 3.63) is 106 Å². The highest BCUT2D eigenvalue weighted by atomic mass is 35.5. The third-order valence-electron chi connectivity index (χ3n) is 7.75. The largest absolute Gasteiger partial charge is 0.359 e. The molecule has 1 fully saturated rings. The van der Waals surface area contributed by atoms with Crippen molar-refractivity contribution in [3.8, 4) is 11.3 Å². The molecule has 3 aromatic carbocycles. The number of nitrogens with zero attached hydrogens (tertiary/aromatic N) is 4. The van der Waals surface area contributed by atoms with E-state index in [1.165, 1.54) is 18.2 Å². The Labute approximate surface area is 251 Å². The zero-order valence-electron chi connectivity index (χ0n) is 23.2. The number of halogens is 3. The van der Waals surface area contributed by atoms with Crippen LogP contribution in [-0.4, -0.2) is 52.5 Å². The minimum Gasteiger partial charge on any atom is -0.359 e. The fraction of sp³-hybridized carbons (Fsp3) is 0.219. The van der Waals surface area contributed by atoms with Gasteiger partial charge in [-0.2, -0.15) is 0 Å². The first-order valence-electron chi connectivity index (χ1n) is 13.9. The second-order valence-electron chi connectivity index (χ2n) is 10.4. The van der Waals surface area contributed by atoms with Gasteiger partial charge >= 0.3 is 0 Å². The molecule has 0 aliphatic carbocycles. The molecule has 11 heteroatoms. The second kappa shape index (κ2) is 11.9. The zero-order chi connectivity index (χ0) is 30.1. The fourth-order valence-electron chi connectivity index (χ4n) is 5.48. The van der Waals surface area contributed by atoms with Gasteiger partial charge in [0.15, 0.2) is 0 Å². The summed E-state index contributed by atoms with van der Waals surface area (Å²) in [7, 11) is 1.63. The molecule has 1 saturated heterocycles. The van der Waals surface area contributed by atoms with Crippen molar-refractivity contribution in [3.63, 3.8) is 0 Å². The summed E-state index contributed by atoms with van der Waals surface area (Å²) < 4.78 is 29.6. The molecule has 6 rings (SSSR count). The Kier molecular flexibility index (Phi) is 7.86. The number of aliphatic imine (C=N–C) groups is 1. The van der Waals surface area contributed by atoms with Crippen LogP contribution in [0.15, 0.2) is 71.9 Å². The lowest BCUT2D eigenvalue weighted by Gasteiger charge is -2.31. The van der Waals surface area contributed by atoms with Crippen molar-refractivity contribution in [2.45, 2.75) is 19.4 Å². The van der Waals surface area contributed by atoms with Gasteiger partial charge in [-0.15, -0.1) is 0 Å². The van der Waals surface area contributed by atoms with Gasteiger partial charge in [0.05, 0.1) is 23.5 Å². The van der Waals surface area contributed by atoms with E-state index in [0.717, 1.165) is 0 Å². The van der Waals surface area contributed by atoms with Crippen LogP contribution in [0.3, 0.4) is 0 Å². The highest BCUT2D eigenvalue weighted by Gasteiger charge is 2.28. The molecule has 0 atom stereocenters. The molecule has 0 saturated carbocycles. The molecule has 2 aliphatic rings. The number of carbonyl (C=O) groups excluding carboxylic acids is 2. The van der Waals surface area contributed by atoms with Gasteiger partial charge < -0.3 is 15.5 Å². The summed E-state index contributed by atoms with van der Waals surface area (Å²) in [6, 6.07) is 15.8. The van der Waals surface area contributed by atoms with Gasteiger partial charge in [0.1, 0.15) is 11.6 Å². The Morgan fingerprint density at radius 1 is 0.977 bits per heavy atom. The molecule has 0 radical (unpaired) electrons. The minimum absolute atomic E-state index is 0.0155. The third-order valence-corrected chi connectivity index (χ3v) is 7.99. The summed E-state index contributed by atoms with van der Waals surface area (Å²) in [6.45, 7) is 1.17. The number of piperidine rings is 1. The molecule has 2 amide bonds. The smallest absolute Gasteiger partial charge is 0.253 e. The summed E-state index contributed by atoms with van der Waals surface area (Å²) in [6.07, 6.45) is 2.91. The van der Waals surface area contributed by atoms with E-state index in [4.69, 9.17) is 16.6 Å². The van der Waals surface area contributed by atoms with Crippen LogP contribution in [0.25, 0.3) is 11.3 Å². The van der Waals surface area contributed by atoms with Crippen molar-refractivity contribution in [2.75, 3.05) is 25.5 Å². The molecule has 3 heterocycles. The number of hydrogen-bond donors (Lipinski definition) is 2. The van der Waals surface area contributed by atoms with E-state index < -0.39 is 11.6 Å². The fourth-order valence-corrected chi connectivity index (χ4v) is 5.65. The number of aromatic nitrogens is 2. The maximum atomic E-state index is 14.8. The molecule has 2 aliphatic heterocycles. The van der Waals surface area contributed by atoms with E-state index in [0.29, 0.717) is 70.5 Å². The number of carbonyl (C=O) groups is 2. The number of likely N-dealkylation sites (tertiary alicyclic amines) is 1. The van der Waals surface area contributed by atoms with Crippen molar-refractivity contribution in [2.24, 2.45) is 10.9 Å². The topological polar surface area (TPSA) is 99.6 Å². The maximum Gasteiger partial charge on any atom is 0.253 e. The average molecular weight is 601 g/mol. The van der Waals surface area contributed by atoms with Crippen LogP contribution in [0.5, 0.6) is 0 Å². The van der Waals surface area contributed by atoms with E-state index >= 15 is 0 Å². The van der Waals surface area contributed by atoms with Crippen LogP contribution in [0, 0.1) is 17.6 Å². The van der Waals surface area contributed by atoms with Gasteiger partial charge in [0.25, 0.3) is 5.91 Å². The second-order valence-corrected chi connectivity index (χ2v) is 10.8. The number of nitrogens with one attached hydrogen (secondary N) is 2. The lowest BCUT2D eigenvalue weighted by molar-refractivity contribution is -0.125. The molecule has 0 spiro atoms. The van der Waals surface area contributed by atoms with Gasteiger partial charge in [-0.3, -0.25) is 14.6 Å². The number of anilines is 2. The molecule has 8 nitrogen and oxygen atoms in total. The third kappa shape index (κ3) is 5.70. The lowest BCUT2D eigenvalue weighted by Crippen LogP contribution is -2.42. The summed E-state index contributed by atoms with van der Waals surface area (Å²) in [4.78, 5) is 40.4. The quantitative estimate of drug-likeness (QED) is 0.303. The SMILES string of the molecule is CNC(=O)C1CCN(C(=O)c2ccc(Nc3ncc4c(n3)-c3ccc(Cl)cc3C(c3c(F)cccc3F)=NC4)cc2)CC1.